The van der Waals surface area contributed by atoms with E-state index in [1.54, 1.807) is 44.6 Å². The van der Waals surface area contributed by atoms with Crippen LogP contribution in [-0.4, -0.2) is 20.8 Å². The van der Waals surface area contributed by atoms with Crippen molar-refractivity contribution in [2.45, 2.75) is 6.04 Å². The first kappa shape index (κ1) is 15.5. The van der Waals surface area contributed by atoms with Gasteiger partial charge in [0.15, 0.2) is 0 Å². The van der Waals surface area contributed by atoms with Crippen LogP contribution in [0.3, 0.4) is 0 Å². The highest BCUT2D eigenvalue weighted by molar-refractivity contribution is 6.30. The van der Waals surface area contributed by atoms with Gasteiger partial charge in [-0.1, -0.05) is 11.6 Å². The van der Waals surface area contributed by atoms with Gasteiger partial charge < -0.3 is 19.9 Å². The van der Waals surface area contributed by atoms with E-state index in [1.807, 2.05) is 12.1 Å². The minimum atomic E-state index is -0.304. The molecule has 0 fully saturated rings. The van der Waals surface area contributed by atoms with Gasteiger partial charge >= 0.3 is 0 Å². The summed E-state index contributed by atoms with van der Waals surface area (Å²) in [5.74, 6) is 2.13. The fraction of sp³-hybridized carbons (Fsp3) is 0.250. The van der Waals surface area contributed by atoms with Crippen LogP contribution in [0.15, 0.2) is 42.5 Å². The molecule has 0 saturated carbocycles. The number of halogens is 1. The van der Waals surface area contributed by atoms with E-state index in [0.717, 1.165) is 17.1 Å². The predicted molar refractivity (Wildman–Crippen MR) is 83.4 cm³/mol. The third-order valence-corrected chi connectivity index (χ3v) is 3.34. The van der Waals surface area contributed by atoms with Crippen molar-refractivity contribution < 1.29 is 14.2 Å². The molecular formula is C16H18ClNO3. The molecule has 2 N–H and O–H groups in total. The lowest BCUT2D eigenvalue weighted by Crippen LogP contribution is -2.19. The maximum Gasteiger partial charge on any atom is 0.127 e. The van der Waals surface area contributed by atoms with Gasteiger partial charge in [-0.2, -0.15) is 0 Å². The van der Waals surface area contributed by atoms with E-state index >= 15 is 0 Å². The quantitative estimate of drug-likeness (QED) is 0.888. The molecule has 0 saturated heterocycles. The predicted octanol–water partition coefficient (Wildman–Crippen LogP) is 3.44. The molecule has 21 heavy (non-hydrogen) atoms. The molecule has 2 rings (SSSR count). The van der Waals surface area contributed by atoms with Crippen molar-refractivity contribution in [1.29, 1.82) is 0 Å². The maximum atomic E-state index is 6.17. The summed E-state index contributed by atoms with van der Waals surface area (Å²) in [6, 6.07) is 12.4. The van der Waals surface area contributed by atoms with E-state index < -0.39 is 0 Å². The van der Waals surface area contributed by atoms with Crippen molar-refractivity contribution in [3.8, 4) is 17.2 Å². The molecule has 5 heteroatoms. The summed E-state index contributed by atoms with van der Waals surface area (Å²) >= 11 is 5.83. The zero-order valence-corrected chi connectivity index (χ0v) is 12.8. The van der Waals surface area contributed by atoms with Gasteiger partial charge in [0.05, 0.1) is 20.3 Å². The van der Waals surface area contributed by atoms with Crippen LogP contribution >= 0.6 is 11.6 Å². The van der Waals surface area contributed by atoms with Crippen LogP contribution in [-0.2, 0) is 0 Å². The lowest BCUT2D eigenvalue weighted by molar-refractivity contribution is 0.286. The summed E-state index contributed by atoms with van der Waals surface area (Å²) in [6.07, 6.45) is 0. The Balaban J connectivity index is 2.05. The molecule has 0 bridgehead atoms. The van der Waals surface area contributed by atoms with Gasteiger partial charge in [-0.3, -0.25) is 0 Å². The monoisotopic (exact) mass is 307 g/mol. The molecule has 4 nitrogen and oxygen atoms in total. The van der Waals surface area contributed by atoms with Gasteiger partial charge in [0.25, 0.3) is 0 Å². The largest absolute Gasteiger partial charge is 0.497 e. The summed E-state index contributed by atoms with van der Waals surface area (Å²) in [6.45, 7) is 0.338. The first-order chi connectivity index (χ1) is 10.1. The molecule has 0 aromatic heterocycles. The first-order valence-corrected chi connectivity index (χ1v) is 6.87. The van der Waals surface area contributed by atoms with Crippen LogP contribution in [0.5, 0.6) is 17.2 Å². The average molecular weight is 308 g/mol. The fourth-order valence-electron chi connectivity index (χ4n) is 1.93. The number of ether oxygens (including phenoxy) is 3. The van der Waals surface area contributed by atoms with Gasteiger partial charge in [-0.15, -0.1) is 0 Å². The molecule has 2 aromatic carbocycles. The molecule has 1 unspecified atom stereocenters. The number of hydrogen-bond acceptors (Lipinski definition) is 4. The Bertz CT molecular complexity index is 587. The molecule has 0 aliphatic carbocycles. The Morgan fingerprint density at radius 1 is 1.00 bits per heavy atom. The van der Waals surface area contributed by atoms with E-state index in [4.69, 9.17) is 31.5 Å². The van der Waals surface area contributed by atoms with Crippen LogP contribution < -0.4 is 19.9 Å². The van der Waals surface area contributed by atoms with Crippen molar-refractivity contribution in [2.24, 2.45) is 5.73 Å². The maximum absolute atomic E-state index is 6.17. The Labute approximate surface area is 129 Å². The number of nitrogens with two attached hydrogens (primary N) is 1. The normalized spacial score (nSPS) is 11.8. The van der Waals surface area contributed by atoms with E-state index in [0.29, 0.717) is 17.4 Å². The number of methoxy groups -OCH3 is 2. The van der Waals surface area contributed by atoms with Gasteiger partial charge in [0.2, 0.25) is 0 Å². The number of benzene rings is 2. The van der Waals surface area contributed by atoms with Crippen molar-refractivity contribution >= 4 is 11.6 Å². The van der Waals surface area contributed by atoms with Gasteiger partial charge in [0, 0.05) is 16.7 Å². The van der Waals surface area contributed by atoms with E-state index in [2.05, 4.69) is 0 Å². The van der Waals surface area contributed by atoms with Crippen molar-refractivity contribution in [3.05, 3.63) is 53.1 Å². The number of rotatable bonds is 6. The third-order valence-electron chi connectivity index (χ3n) is 3.08. The smallest absolute Gasteiger partial charge is 0.127 e. The fourth-order valence-corrected chi connectivity index (χ4v) is 2.06. The molecule has 2 aromatic rings. The van der Waals surface area contributed by atoms with E-state index in [-0.39, 0.29) is 6.04 Å². The molecule has 112 valence electrons. The Morgan fingerprint density at radius 3 is 2.29 bits per heavy atom. The Kier molecular flexibility index (Phi) is 5.31. The van der Waals surface area contributed by atoms with Crippen molar-refractivity contribution in [2.75, 3.05) is 20.8 Å². The SMILES string of the molecule is COc1ccc(C(N)COc2ccc(Cl)cc2)c(OC)c1. The molecule has 0 aliphatic heterocycles. The van der Waals surface area contributed by atoms with Gasteiger partial charge in [-0.05, 0) is 36.4 Å². The summed E-state index contributed by atoms with van der Waals surface area (Å²) in [5.41, 5.74) is 7.04. The Hall–Kier alpha value is -1.91. The highest BCUT2D eigenvalue weighted by Crippen LogP contribution is 2.29. The van der Waals surface area contributed by atoms with E-state index in [9.17, 15) is 0 Å². The molecule has 0 radical (unpaired) electrons. The van der Waals surface area contributed by atoms with Crippen molar-refractivity contribution in [3.63, 3.8) is 0 Å². The minimum Gasteiger partial charge on any atom is -0.497 e. The zero-order chi connectivity index (χ0) is 15.2. The average Bonchev–Trinajstić information content (AvgIpc) is 2.53. The van der Waals surface area contributed by atoms with Gasteiger partial charge in [0.1, 0.15) is 23.9 Å². The third kappa shape index (κ3) is 4.03. The van der Waals surface area contributed by atoms with Crippen LogP contribution in [0.2, 0.25) is 5.02 Å². The lowest BCUT2D eigenvalue weighted by atomic mass is 10.1. The van der Waals surface area contributed by atoms with Crippen LogP contribution in [0.4, 0.5) is 0 Å². The van der Waals surface area contributed by atoms with Crippen LogP contribution in [0.1, 0.15) is 11.6 Å². The van der Waals surface area contributed by atoms with Crippen LogP contribution in [0.25, 0.3) is 0 Å². The second-order valence-electron chi connectivity index (χ2n) is 4.48. The lowest BCUT2D eigenvalue weighted by Gasteiger charge is -2.17. The van der Waals surface area contributed by atoms with E-state index in [1.165, 1.54) is 0 Å². The van der Waals surface area contributed by atoms with Crippen LogP contribution in [0, 0.1) is 0 Å². The van der Waals surface area contributed by atoms with Gasteiger partial charge in [-0.25, -0.2) is 0 Å². The molecule has 0 spiro atoms. The second kappa shape index (κ2) is 7.20. The standard InChI is InChI=1S/C16H18ClNO3/c1-19-13-7-8-14(16(9-13)20-2)15(18)10-21-12-5-3-11(17)4-6-12/h3-9,15H,10,18H2,1-2H3. The minimum absolute atomic E-state index is 0.304. The summed E-state index contributed by atoms with van der Waals surface area (Å²) in [7, 11) is 3.21. The first-order valence-electron chi connectivity index (χ1n) is 6.50. The van der Waals surface area contributed by atoms with Crippen molar-refractivity contribution in [1.82, 2.24) is 0 Å². The highest BCUT2D eigenvalue weighted by atomic mass is 35.5. The molecule has 0 heterocycles. The summed E-state index contributed by atoms with van der Waals surface area (Å²) in [4.78, 5) is 0. The molecule has 0 aliphatic rings. The highest BCUT2D eigenvalue weighted by Gasteiger charge is 2.13. The summed E-state index contributed by atoms with van der Waals surface area (Å²) in [5, 5.41) is 0.670. The topological polar surface area (TPSA) is 53.7 Å². The number of hydrogen-bond donors (Lipinski definition) is 1. The molecule has 1 atom stereocenters. The Morgan fingerprint density at radius 2 is 1.67 bits per heavy atom. The second-order valence-corrected chi connectivity index (χ2v) is 4.92. The molecular weight excluding hydrogens is 290 g/mol. The zero-order valence-electron chi connectivity index (χ0n) is 12.0. The molecule has 0 amide bonds. The summed E-state index contributed by atoms with van der Waals surface area (Å²) < 4.78 is 16.2.